The molecule has 1 fully saturated rings. The number of aryl methyl sites for hydroxylation is 1. The van der Waals surface area contributed by atoms with Crippen LogP contribution in [0.25, 0.3) is 0 Å². The van der Waals surface area contributed by atoms with Crippen LogP contribution in [-0.4, -0.2) is 59.2 Å². The molecule has 38 heavy (non-hydrogen) atoms. The lowest BCUT2D eigenvalue weighted by atomic mass is 10.1. The lowest BCUT2D eigenvalue weighted by molar-refractivity contribution is -0.131. The number of benzene rings is 2. The van der Waals surface area contributed by atoms with Crippen LogP contribution in [0.4, 0.5) is 16.2 Å². The van der Waals surface area contributed by atoms with Crippen molar-refractivity contribution in [3.05, 3.63) is 77.5 Å². The number of likely N-dealkylation sites (tertiary alicyclic amines) is 1. The number of rotatable bonds is 9. The lowest BCUT2D eigenvalue weighted by Gasteiger charge is -2.25. The number of carboxylic acids is 1. The number of hydrogen-bond acceptors (Lipinski definition) is 6. The maximum atomic E-state index is 13.1. The lowest BCUT2D eigenvalue weighted by Crippen LogP contribution is -2.40. The molecule has 2 aromatic carbocycles. The smallest absolute Gasteiger partial charge is 0.337 e. The topological polar surface area (TPSA) is 130 Å². The van der Waals surface area contributed by atoms with Gasteiger partial charge in [0.05, 0.1) is 30.8 Å². The molecule has 10 heteroatoms. The number of carbonyl (C=O) groups excluding carboxylic acids is 2. The van der Waals surface area contributed by atoms with Crippen LogP contribution in [0.2, 0.25) is 0 Å². The molecule has 1 saturated heterocycles. The van der Waals surface area contributed by atoms with E-state index < -0.39 is 12.0 Å². The molecule has 0 unspecified atom stereocenters. The minimum absolute atomic E-state index is 0.0367. The van der Waals surface area contributed by atoms with Crippen molar-refractivity contribution in [1.82, 2.24) is 9.88 Å². The van der Waals surface area contributed by atoms with Gasteiger partial charge in [0.2, 0.25) is 11.8 Å². The van der Waals surface area contributed by atoms with Gasteiger partial charge in [-0.2, -0.15) is 0 Å². The van der Waals surface area contributed by atoms with Gasteiger partial charge in [-0.3, -0.25) is 4.79 Å². The summed E-state index contributed by atoms with van der Waals surface area (Å²) in [6.45, 7) is 2.82. The molecule has 3 aromatic rings. The van der Waals surface area contributed by atoms with Crippen LogP contribution < -0.4 is 20.1 Å². The fourth-order valence-corrected chi connectivity index (χ4v) is 4.33. The van der Waals surface area contributed by atoms with Crippen LogP contribution in [0.1, 0.15) is 34.3 Å². The van der Waals surface area contributed by atoms with Gasteiger partial charge < -0.3 is 30.1 Å². The van der Waals surface area contributed by atoms with E-state index in [4.69, 9.17) is 14.6 Å². The number of para-hydroxylation sites is 1. The third-order valence-corrected chi connectivity index (χ3v) is 6.37. The fourth-order valence-electron chi connectivity index (χ4n) is 4.33. The second-order valence-electron chi connectivity index (χ2n) is 8.99. The first kappa shape index (κ1) is 26.5. The number of pyridine rings is 1. The number of amides is 3. The van der Waals surface area contributed by atoms with E-state index in [1.54, 1.807) is 23.1 Å². The molecular weight excluding hydrogens is 488 g/mol. The Hall–Kier alpha value is -4.60. The predicted octanol–water partition coefficient (Wildman–Crippen LogP) is 4.35. The summed E-state index contributed by atoms with van der Waals surface area (Å²) in [5, 5.41) is 14.6. The molecule has 0 aliphatic carbocycles. The zero-order valence-corrected chi connectivity index (χ0v) is 21.3. The van der Waals surface area contributed by atoms with Gasteiger partial charge in [0, 0.05) is 24.5 Å². The molecule has 1 atom stereocenters. The summed E-state index contributed by atoms with van der Waals surface area (Å²) >= 11 is 0. The molecule has 10 nitrogen and oxygen atoms in total. The standard InChI is InChI=1S/C28H30N4O6/c1-18-6-3-4-8-22(18)30-28(36)31-23-11-9-19(14-24(23)37-2)15-26(33)32-13-5-7-21(32)17-38-25-12-10-20(16-29-25)27(34)35/h3-4,6,8-12,14,16,21H,5,7,13,15,17H2,1-2H3,(H,34,35)(H2,30,31,36)/t21-/m0/s1. The van der Waals surface area contributed by atoms with E-state index in [1.165, 1.54) is 25.4 Å². The quantitative estimate of drug-likeness (QED) is 0.384. The maximum Gasteiger partial charge on any atom is 0.337 e. The van der Waals surface area contributed by atoms with Gasteiger partial charge in [-0.05, 0) is 55.2 Å². The number of carbonyl (C=O) groups is 3. The van der Waals surface area contributed by atoms with E-state index in [2.05, 4.69) is 15.6 Å². The molecule has 0 spiro atoms. The summed E-state index contributed by atoms with van der Waals surface area (Å²) in [5.41, 5.74) is 2.99. The maximum absolute atomic E-state index is 13.1. The highest BCUT2D eigenvalue weighted by atomic mass is 16.5. The largest absolute Gasteiger partial charge is 0.495 e. The molecule has 1 aliphatic heterocycles. The zero-order chi connectivity index (χ0) is 27.1. The second kappa shape index (κ2) is 12.1. The molecule has 1 aromatic heterocycles. The molecule has 3 N–H and O–H groups in total. The van der Waals surface area contributed by atoms with Gasteiger partial charge in [0.1, 0.15) is 12.4 Å². The summed E-state index contributed by atoms with van der Waals surface area (Å²) < 4.78 is 11.2. The third kappa shape index (κ3) is 6.58. The van der Waals surface area contributed by atoms with Crippen molar-refractivity contribution in [1.29, 1.82) is 0 Å². The van der Waals surface area contributed by atoms with Crippen LogP contribution in [0.15, 0.2) is 60.8 Å². The van der Waals surface area contributed by atoms with Crippen LogP contribution in [0.3, 0.4) is 0 Å². The Morgan fingerprint density at radius 1 is 1.08 bits per heavy atom. The molecular formula is C28H30N4O6. The number of carboxylic acid groups (broad SMARTS) is 1. The monoisotopic (exact) mass is 518 g/mol. The fraction of sp³-hybridized carbons (Fsp3) is 0.286. The van der Waals surface area contributed by atoms with Crippen molar-refractivity contribution < 1.29 is 29.0 Å². The molecule has 2 heterocycles. The minimum atomic E-state index is -1.05. The van der Waals surface area contributed by atoms with E-state index in [0.717, 1.165) is 24.0 Å². The number of nitrogens with zero attached hydrogens (tertiary/aromatic N) is 2. The average molecular weight is 519 g/mol. The van der Waals surface area contributed by atoms with E-state index in [-0.39, 0.29) is 30.5 Å². The summed E-state index contributed by atoms with van der Waals surface area (Å²) in [7, 11) is 1.51. The van der Waals surface area contributed by atoms with Crippen molar-refractivity contribution >= 4 is 29.3 Å². The number of nitrogens with one attached hydrogen (secondary N) is 2. The summed E-state index contributed by atoms with van der Waals surface area (Å²) in [6, 6.07) is 15.2. The van der Waals surface area contributed by atoms with E-state index in [9.17, 15) is 14.4 Å². The van der Waals surface area contributed by atoms with Crippen molar-refractivity contribution in [2.75, 3.05) is 30.9 Å². The van der Waals surface area contributed by atoms with Crippen molar-refractivity contribution in [2.24, 2.45) is 0 Å². The first-order chi connectivity index (χ1) is 18.3. The Morgan fingerprint density at radius 2 is 1.87 bits per heavy atom. The average Bonchev–Trinajstić information content (AvgIpc) is 3.39. The molecule has 0 saturated carbocycles. The highest BCUT2D eigenvalue weighted by Gasteiger charge is 2.29. The van der Waals surface area contributed by atoms with Gasteiger partial charge in [-0.25, -0.2) is 14.6 Å². The van der Waals surface area contributed by atoms with Gasteiger partial charge in [-0.15, -0.1) is 0 Å². The first-order valence-electron chi connectivity index (χ1n) is 12.3. The summed E-state index contributed by atoms with van der Waals surface area (Å²) in [4.78, 5) is 42.4. The highest BCUT2D eigenvalue weighted by molar-refractivity contribution is 6.01. The molecule has 1 aliphatic rings. The number of hydrogen-bond donors (Lipinski definition) is 3. The number of aromatic nitrogens is 1. The Bertz CT molecular complexity index is 1310. The zero-order valence-electron chi connectivity index (χ0n) is 21.3. The van der Waals surface area contributed by atoms with Gasteiger partial charge in [0.25, 0.3) is 0 Å². The second-order valence-corrected chi connectivity index (χ2v) is 8.99. The molecule has 0 radical (unpaired) electrons. The van der Waals surface area contributed by atoms with E-state index in [1.807, 2.05) is 31.2 Å². The van der Waals surface area contributed by atoms with Crippen molar-refractivity contribution in [3.63, 3.8) is 0 Å². The molecule has 0 bridgehead atoms. The normalized spacial score (nSPS) is 14.6. The Labute approximate surface area is 220 Å². The van der Waals surface area contributed by atoms with Crippen molar-refractivity contribution in [2.45, 2.75) is 32.2 Å². The molecule has 3 amide bonds. The SMILES string of the molecule is COc1cc(CC(=O)N2CCC[C@H]2COc2ccc(C(=O)O)cn2)ccc1NC(=O)Nc1ccccc1C. The van der Waals surface area contributed by atoms with E-state index >= 15 is 0 Å². The Morgan fingerprint density at radius 3 is 2.58 bits per heavy atom. The van der Waals surface area contributed by atoms with Crippen molar-refractivity contribution in [3.8, 4) is 11.6 Å². The first-order valence-corrected chi connectivity index (χ1v) is 12.3. The number of aromatic carboxylic acids is 1. The van der Waals surface area contributed by atoms with Crippen LogP contribution in [-0.2, 0) is 11.2 Å². The predicted molar refractivity (Wildman–Crippen MR) is 142 cm³/mol. The number of urea groups is 1. The Balaban J connectivity index is 1.34. The Kier molecular flexibility index (Phi) is 8.42. The number of ether oxygens (including phenoxy) is 2. The van der Waals surface area contributed by atoms with Crippen LogP contribution in [0, 0.1) is 6.92 Å². The molecule has 198 valence electrons. The van der Waals surface area contributed by atoms with Crippen LogP contribution in [0.5, 0.6) is 11.6 Å². The molecule has 4 rings (SSSR count). The summed E-state index contributed by atoms with van der Waals surface area (Å²) in [6.07, 6.45) is 3.09. The minimum Gasteiger partial charge on any atom is -0.495 e. The van der Waals surface area contributed by atoms with Gasteiger partial charge >= 0.3 is 12.0 Å². The van der Waals surface area contributed by atoms with E-state index in [0.29, 0.717) is 29.5 Å². The van der Waals surface area contributed by atoms with Gasteiger partial charge in [-0.1, -0.05) is 24.3 Å². The van der Waals surface area contributed by atoms with Crippen LogP contribution >= 0.6 is 0 Å². The van der Waals surface area contributed by atoms with Gasteiger partial charge in [0.15, 0.2) is 0 Å². The third-order valence-electron chi connectivity index (χ3n) is 6.37. The summed E-state index contributed by atoms with van der Waals surface area (Å²) in [5.74, 6) is -0.325. The number of methoxy groups -OCH3 is 1. The highest BCUT2D eigenvalue weighted by Crippen LogP contribution is 2.27. The number of anilines is 2.